The molecule has 1 saturated carbocycles. The molecule has 0 radical (unpaired) electrons. The van der Waals surface area contributed by atoms with Crippen molar-refractivity contribution in [2.45, 2.75) is 37.1 Å². The predicted octanol–water partition coefficient (Wildman–Crippen LogP) is 1.41. The smallest absolute Gasteiger partial charge is 0.154 e. The Morgan fingerprint density at radius 2 is 2.25 bits per heavy atom. The van der Waals surface area contributed by atoms with E-state index in [-0.39, 0.29) is 5.41 Å². The van der Waals surface area contributed by atoms with E-state index in [4.69, 9.17) is 0 Å². The van der Waals surface area contributed by atoms with E-state index >= 15 is 0 Å². The zero-order valence-electron chi connectivity index (χ0n) is 10.1. The molecular weight excluding hydrogens is 268 g/mol. The van der Waals surface area contributed by atoms with E-state index in [1.54, 1.807) is 0 Å². The molecule has 0 aromatic heterocycles. The van der Waals surface area contributed by atoms with Gasteiger partial charge in [0.15, 0.2) is 5.78 Å². The van der Waals surface area contributed by atoms with Crippen LogP contribution < -0.4 is 5.32 Å². The third-order valence-electron chi connectivity index (χ3n) is 4.23. The Bertz CT molecular complexity index is 284. The minimum absolute atomic E-state index is 0.172. The van der Waals surface area contributed by atoms with Crippen LogP contribution in [0.2, 0.25) is 0 Å². The Kier molecular flexibility index (Phi) is 3.72. The molecule has 1 saturated heterocycles. The van der Waals surface area contributed by atoms with Crippen LogP contribution in [0.25, 0.3) is 0 Å². The number of fused-ring (bicyclic) bond motifs is 1. The number of rotatable bonds is 0. The number of hydrogen-bond donors (Lipinski definition) is 1. The molecule has 1 heterocycles. The van der Waals surface area contributed by atoms with Crippen LogP contribution in [0.1, 0.15) is 26.2 Å². The number of Topliss-reactive ketones (excluding diaryl/α,β-unsaturated/α-hetero) is 1. The molecule has 2 aliphatic rings. The third-order valence-corrected chi connectivity index (χ3v) is 5.01. The molecule has 2 fully saturated rings. The van der Waals surface area contributed by atoms with E-state index in [2.05, 4.69) is 40.1 Å². The van der Waals surface area contributed by atoms with Crippen molar-refractivity contribution in [3.05, 3.63) is 0 Å². The number of nitrogens with one attached hydrogen (secondary N) is 1. The molecule has 0 spiro atoms. The molecule has 3 unspecified atom stereocenters. The molecule has 16 heavy (non-hydrogen) atoms. The second-order valence-electron chi connectivity index (χ2n) is 5.39. The van der Waals surface area contributed by atoms with E-state index in [0.29, 0.717) is 23.2 Å². The van der Waals surface area contributed by atoms with Crippen LogP contribution in [-0.4, -0.2) is 48.2 Å². The number of nitrogens with zero attached hydrogens (tertiary/aromatic N) is 1. The minimum Gasteiger partial charge on any atom is -0.309 e. The number of ketones is 1. The van der Waals surface area contributed by atoms with Gasteiger partial charge in [0.1, 0.15) is 0 Å². The lowest BCUT2D eigenvalue weighted by atomic mass is 9.68. The Balaban J connectivity index is 2.25. The topological polar surface area (TPSA) is 32.3 Å². The summed E-state index contributed by atoms with van der Waals surface area (Å²) >= 11 is 3.69. The van der Waals surface area contributed by atoms with Gasteiger partial charge in [0.05, 0.1) is 6.54 Å². The van der Waals surface area contributed by atoms with Crippen LogP contribution >= 0.6 is 15.9 Å². The van der Waals surface area contributed by atoms with Gasteiger partial charge in [0, 0.05) is 29.4 Å². The number of halogens is 1. The second-order valence-corrected chi connectivity index (χ2v) is 6.69. The van der Waals surface area contributed by atoms with Gasteiger partial charge in [-0.3, -0.25) is 4.79 Å². The molecule has 1 aliphatic heterocycles. The maximum absolute atomic E-state index is 12.3. The fraction of sp³-hybridized carbons (Fsp3) is 0.917. The first-order valence-corrected chi connectivity index (χ1v) is 7.04. The fourth-order valence-corrected chi connectivity index (χ4v) is 4.11. The van der Waals surface area contributed by atoms with Crippen LogP contribution in [-0.2, 0) is 4.79 Å². The SMILES string of the molecule is CN1CCNCC(=O)C2(C)CC(Br)CCC12. The minimum atomic E-state index is -0.172. The average Bonchev–Trinajstić information content (AvgIpc) is 2.22. The summed E-state index contributed by atoms with van der Waals surface area (Å²) in [7, 11) is 2.15. The molecular formula is C12H21BrN2O. The molecule has 0 bridgehead atoms. The number of carbonyl (C=O) groups excluding carboxylic acids is 1. The van der Waals surface area contributed by atoms with Crippen molar-refractivity contribution >= 4 is 21.7 Å². The van der Waals surface area contributed by atoms with Crippen molar-refractivity contribution in [2.24, 2.45) is 5.41 Å². The summed E-state index contributed by atoms with van der Waals surface area (Å²) in [5.41, 5.74) is -0.172. The molecule has 0 amide bonds. The first-order chi connectivity index (χ1) is 7.54. The Morgan fingerprint density at radius 3 is 3.00 bits per heavy atom. The maximum Gasteiger partial charge on any atom is 0.154 e. The lowest BCUT2D eigenvalue weighted by Gasteiger charge is -2.47. The van der Waals surface area contributed by atoms with Crippen molar-refractivity contribution in [1.82, 2.24) is 10.2 Å². The summed E-state index contributed by atoms with van der Waals surface area (Å²) in [4.78, 5) is 15.2. The van der Waals surface area contributed by atoms with Crippen LogP contribution in [0.15, 0.2) is 0 Å². The molecule has 3 nitrogen and oxygen atoms in total. The van der Waals surface area contributed by atoms with E-state index in [1.807, 2.05) is 0 Å². The van der Waals surface area contributed by atoms with Crippen molar-refractivity contribution in [1.29, 1.82) is 0 Å². The van der Waals surface area contributed by atoms with Gasteiger partial charge in [-0.15, -0.1) is 0 Å². The molecule has 0 aromatic rings. The highest BCUT2D eigenvalue weighted by Crippen LogP contribution is 2.42. The van der Waals surface area contributed by atoms with E-state index in [0.717, 1.165) is 25.9 Å². The lowest BCUT2D eigenvalue weighted by Crippen LogP contribution is -2.57. The van der Waals surface area contributed by atoms with Gasteiger partial charge in [-0.2, -0.15) is 0 Å². The van der Waals surface area contributed by atoms with Crippen LogP contribution in [0.5, 0.6) is 0 Å². The summed E-state index contributed by atoms with van der Waals surface area (Å²) in [6.45, 7) is 4.66. The molecule has 1 N–H and O–H groups in total. The molecule has 92 valence electrons. The average molecular weight is 289 g/mol. The maximum atomic E-state index is 12.3. The van der Waals surface area contributed by atoms with Crippen molar-refractivity contribution in [3.8, 4) is 0 Å². The number of likely N-dealkylation sites (N-methyl/N-ethyl adjacent to an activating group) is 1. The molecule has 3 atom stereocenters. The highest BCUT2D eigenvalue weighted by Gasteiger charge is 2.46. The third kappa shape index (κ3) is 2.20. The molecule has 1 aliphatic carbocycles. The van der Waals surface area contributed by atoms with Gasteiger partial charge >= 0.3 is 0 Å². The van der Waals surface area contributed by atoms with Crippen LogP contribution in [0.4, 0.5) is 0 Å². The van der Waals surface area contributed by atoms with Gasteiger partial charge in [0.25, 0.3) is 0 Å². The lowest BCUT2D eigenvalue weighted by molar-refractivity contribution is -0.133. The highest BCUT2D eigenvalue weighted by molar-refractivity contribution is 9.09. The summed E-state index contributed by atoms with van der Waals surface area (Å²) in [5.74, 6) is 0.383. The Labute approximate surface area is 106 Å². The van der Waals surface area contributed by atoms with Crippen LogP contribution in [0.3, 0.4) is 0 Å². The predicted molar refractivity (Wildman–Crippen MR) is 69.0 cm³/mol. The molecule has 0 aromatic carbocycles. The first-order valence-electron chi connectivity index (χ1n) is 6.12. The summed E-state index contributed by atoms with van der Waals surface area (Å²) in [6.07, 6.45) is 3.29. The number of hydrogen-bond acceptors (Lipinski definition) is 3. The quantitative estimate of drug-likeness (QED) is 0.684. The standard InChI is InChI=1S/C12H21BrN2O/c1-12-7-9(13)3-4-10(12)15(2)6-5-14-8-11(12)16/h9-10,14H,3-8H2,1-2H3. The van der Waals surface area contributed by atoms with E-state index < -0.39 is 0 Å². The Morgan fingerprint density at radius 1 is 1.50 bits per heavy atom. The van der Waals surface area contributed by atoms with Crippen molar-refractivity contribution in [3.63, 3.8) is 0 Å². The van der Waals surface area contributed by atoms with E-state index in [1.165, 1.54) is 6.42 Å². The molecule has 4 heteroatoms. The van der Waals surface area contributed by atoms with Crippen LogP contribution in [0, 0.1) is 5.41 Å². The zero-order chi connectivity index (χ0) is 11.8. The monoisotopic (exact) mass is 288 g/mol. The highest BCUT2D eigenvalue weighted by atomic mass is 79.9. The fourth-order valence-electron chi connectivity index (χ4n) is 3.18. The number of alkyl halides is 1. The second kappa shape index (κ2) is 4.75. The van der Waals surface area contributed by atoms with Crippen molar-refractivity contribution < 1.29 is 4.79 Å². The summed E-state index contributed by atoms with van der Waals surface area (Å²) < 4.78 is 0. The van der Waals surface area contributed by atoms with Gasteiger partial charge in [-0.05, 0) is 26.3 Å². The van der Waals surface area contributed by atoms with Crippen molar-refractivity contribution in [2.75, 3.05) is 26.7 Å². The van der Waals surface area contributed by atoms with E-state index in [9.17, 15) is 4.79 Å². The van der Waals surface area contributed by atoms with Gasteiger partial charge < -0.3 is 10.2 Å². The van der Waals surface area contributed by atoms with Gasteiger partial charge in [0.2, 0.25) is 0 Å². The zero-order valence-corrected chi connectivity index (χ0v) is 11.7. The number of carbonyl (C=O) groups is 1. The molecule has 2 rings (SSSR count). The van der Waals surface area contributed by atoms with Gasteiger partial charge in [-0.1, -0.05) is 22.9 Å². The summed E-state index contributed by atoms with van der Waals surface area (Å²) in [5, 5.41) is 3.23. The summed E-state index contributed by atoms with van der Waals surface area (Å²) in [6, 6.07) is 0.427. The van der Waals surface area contributed by atoms with Gasteiger partial charge in [-0.25, -0.2) is 0 Å². The normalized spacial score (nSPS) is 42.3. The Hall–Kier alpha value is 0.0700. The largest absolute Gasteiger partial charge is 0.309 e. The first kappa shape index (κ1) is 12.5.